The first-order valence-electron chi connectivity index (χ1n) is 8.93. The minimum Gasteiger partial charge on any atom is -0.396 e. The summed E-state index contributed by atoms with van der Waals surface area (Å²) in [4.78, 5) is 26.7. The van der Waals surface area contributed by atoms with Gasteiger partial charge in [0.05, 0.1) is 0 Å². The molecule has 134 valence electrons. The zero-order valence-electron chi connectivity index (χ0n) is 15.4. The van der Waals surface area contributed by atoms with E-state index in [1.54, 1.807) is 0 Å². The van der Waals surface area contributed by atoms with Gasteiger partial charge in [0.1, 0.15) is 6.04 Å². The quantitative estimate of drug-likeness (QED) is 0.753. The van der Waals surface area contributed by atoms with E-state index in [0.29, 0.717) is 19.5 Å². The second-order valence-corrected chi connectivity index (χ2v) is 7.72. The molecule has 0 radical (unpaired) electrons. The predicted molar refractivity (Wildman–Crippen MR) is 91.8 cm³/mol. The number of hydrogen-bond acceptors (Lipinski definition) is 3. The smallest absolute Gasteiger partial charge is 0.245 e. The average molecular weight is 326 g/mol. The number of amides is 2. The molecule has 5 heteroatoms. The van der Waals surface area contributed by atoms with Crippen molar-refractivity contribution >= 4 is 11.8 Å². The molecular weight excluding hydrogens is 292 g/mol. The van der Waals surface area contributed by atoms with Crippen molar-refractivity contribution in [2.75, 3.05) is 19.7 Å². The van der Waals surface area contributed by atoms with Crippen LogP contribution in [0.5, 0.6) is 0 Å². The SMILES string of the molecule is CCC1(CO)CCN(C(=O)C(NC(=O)CC(C)C)C(C)C)CC1. The highest BCUT2D eigenvalue weighted by molar-refractivity contribution is 5.88. The van der Waals surface area contributed by atoms with E-state index in [4.69, 9.17) is 0 Å². The number of carbonyl (C=O) groups is 2. The second kappa shape index (κ2) is 8.67. The lowest BCUT2D eigenvalue weighted by Gasteiger charge is -2.41. The summed E-state index contributed by atoms with van der Waals surface area (Å²) in [5.74, 6) is 0.305. The normalized spacial score (nSPS) is 19.0. The Balaban J connectivity index is 2.67. The molecule has 1 fully saturated rings. The summed E-state index contributed by atoms with van der Waals surface area (Å²) in [6.07, 6.45) is 3.04. The van der Waals surface area contributed by atoms with Gasteiger partial charge < -0.3 is 15.3 Å². The number of aliphatic hydroxyl groups excluding tert-OH is 1. The third-order valence-corrected chi connectivity index (χ3v) is 5.06. The molecule has 1 saturated heterocycles. The Kier molecular flexibility index (Phi) is 7.52. The molecule has 0 aromatic carbocycles. The molecule has 23 heavy (non-hydrogen) atoms. The molecule has 0 bridgehead atoms. The number of nitrogens with zero attached hydrogens (tertiary/aromatic N) is 1. The van der Waals surface area contributed by atoms with Gasteiger partial charge in [0.2, 0.25) is 11.8 Å². The summed E-state index contributed by atoms with van der Waals surface area (Å²) < 4.78 is 0. The first-order chi connectivity index (χ1) is 10.7. The predicted octanol–water partition coefficient (Wildman–Crippen LogP) is 2.18. The van der Waals surface area contributed by atoms with E-state index in [1.807, 2.05) is 32.6 Å². The molecule has 0 aliphatic carbocycles. The Bertz CT molecular complexity index is 393. The Hall–Kier alpha value is -1.10. The Labute approximate surface area is 140 Å². The lowest BCUT2D eigenvalue weighted by molar-refractivity contribution is -0.140. The molecule has 1 heterocycles. The standard InChI is InChI=1S/C18H34N2O3/c1-6-18(12-21)7-9-20(10-8-18)17(23)16(14(4)5)19-15(22)11-13(2)3/h13-14,16,21H,6-12H2,1-5H3,(H,19,22). The molecular formula is C18H34N2O3. The van der Waals surface area contributed by atoms with Crippen molar-refractivity contribution in [1.29, 1.82) is 0 Å². The molecule has 2 N–H and O–H groups in total. The average Bonchev–Trinajstić information content (AvgIpc) is 2.51. The van der Waals surface area contributed by atoms with Gasteiger partial charge in [-0.15, -0.1) is 0 Å². The van der Waals surface area contributed by atoms with Gasteiger partial charge in [-0.2, -0.15) is 0 Å². The molecule has 2 amide bonds. The number of aliphatic hydroxyl groups is 1. The minimum absolute atomic E-state index is 0.0137. The molecule has 0 spiro atoms. The fraction of sp³-hybridized carbons (Fsp3) is 0.889. The highest BCUT2D eigenvalue weighted by atomic mass is 16.3. The van der Waals surface area contributed by atoms with Crippen molar-refractivity contribution < 1.29 is 14.7 Å². The van der Waals surface area contributed by atoms with Gasteiger partial charge in [0.15, 0.2) is 0 Å². The minimum atomic E-state index is -0.454. The summed E-state index contributed by atoms with van der Waals surface area (Å²) in [7, 11) is 0. The largest absolute Gasteiger partial charge is 0.396 e. The molecule has 1 atom stereocenters. The molecule has 0 saturated carbocycles. The van der Waals surface area contributed by atoms with Crippen LogP contribution in [-0.4, -0.2) is 47.6 Å². The van der Waals surface area contributed by atoms with Crippen LogP contribution in [0.15, 0.2) is 0 Å². The van der Waals surface area contributed by atoms with E-state index in [2.05, 4.69) is 12.2 Å². The van der Waals surface area contributed by atoms with Crippen LogP contribution in [-0.2, 0) is 9.59 Å². The summed E-state index contributed by atoms with van der Waals surface area (Å²) in [6, 6.07) is -0.454. The fourth-order valence-electron chi connectivity index (χ4n) is 3.14. The van der Waals surface area contributed by atoms with Gasteiger partial charge in [0.25, 0.3) is 0 Å². The van der Waals surface area contributed by atoms with Crippen LogP contribution in [0.4, 0.5) is 0 Å². The van der Waals surface area contributed by atoms with Crippen molar-refractivity contribution in [3.05, 3.63) is 0 Å². The van der Waals surface area contributed by atoms with E-state index in [-0.39, 0.29) is 35.7 Å². The summed E-state index contributed by atoms with van der Waals surface area (Å²) in [5.41, 5.74) is -0.0367. The van der Waals surface area contributed by atoms with Gasteiger partial charge in [-0.05, 0) is 36.5 Å². The van der Waals surface area contributed by atoms with Crippen LogP contribution in [0.3, 0.4) is 0 Å². The number of piperidine rings is 1. The summed E-state index contributed by atoms with van der Waals surface area (Å²) in [6.45, 7) is 11.5. The Morgan fingerprint density at radius 3 is 2.13 bits per heavy atom. The molecule has 5 nitrogen and oxygen atoms in total. The van der Waals surface area contributed by atoms with Crippen LogP contribution < -0.4 is 5.32 Å². The van der Waals surface area contributed by atoms with Crippen molar-refractivity contribution in [2.45, 2.75) is 66.3 Å². The number of rotatable bonds is 7. The maximum Gasteiger partial charge on any atom is 0.245 e. The maximum absolute atomic E-state index is 12.8. The van der Waals surface area contributed by atoms with Crippen molar-refractivity contribution in [1.82, 2.24) is 10.2 Å². The Morgan fingerprint density at radius 2 is 1.74 bits per heavy atom. The Morgan fingerprint density at radius 1 is 1.17 bits per heavy atom. The molecule has 1 aliphatic heterocycles. The van der Waals surface area contributed by atoms with Gasteiger partial charge in [-0.1, -0.05) is 34.6 Å². The van der Waals surface area contributed by atoms with Crippen molar-refractivity contribution in [3.63, 3.8) is 0 Å². The number of hydrogen-bond donors (Lipinski definition) is 2. The third kappa shape index (κ3) is 5.48. The highest BCUT2D eigenvalue weighted by Gasteiger charge is 2.36. The molecule has 1 aliphatic rings. The van der Waals surface area contributed by atoms with Crippen LogP contribution in [0.2, 0.25) is 0 Å². The van der Waals surface area contributed by atoms with Gasteiger partial charge in [-0.25, -0.2) is 0 Å². The first-order valence-corrected chi connectivity index (χ1v) is 8.93. The second-order valence-electron chi connectivity index (χ2n) is 7.72. The van der Waals surface area contributed by atoms with Gasteiger partial charge in [-0.3, -0.25) is 9.59 Å². The zero-order valence-corrected chi connectivity index (χ0v) is 15.4. The lowest BCUT2D eigenvalue weighted by atomic mass is 9.77. The van der Waals surface area contributed by atoms with Crippen LogP contribution in [0.25, 0.3) is 0 Å². The lowest BCUT2D eigenvalue weighted by Crippen LogP contribution is -2.54. The monoisotopic (exact) mass is 326 g/mol. The molecule has 1 unspecified atom stereocenters. The molecule has 0 aromatic rings. The fourth-order valence-corrected chi connectivity index (χ4v) is 3.14. The summed E-state index contributed by atoms with van der Waals surface area (Å²) >= 11 is 0. The topological polar surface area (TPSA) is 69.6 Å². The number of carbonyl (C=O) groups excluding carboxylic acids is 2. The van der Waals surface area contributed by atoms with Crippen molar-refractivity contribution in [2.24, 2.45) is 17.3 Å². The number of likely N-dealkylation sites (tertiary alicyclic amines) is 1. The molecule has 1 rings (SSSR count). The van der Waals surface area contributed by atoms with E-state index in [9.17, 15) is 14.7 Å². The maximum atomic E-state index is 12.8. The van der Waals surface area contributed by atoms with Crippen molar-refractivity contribution in [3.8, 4) is 0 Å². The zero-order chi connectivity index (χ0) is 17.6. The van der Waals surface area contributed by atoms with E-state index in [1.165, 1.54) is 0 Å². The van der Waals surface area contributed by atoms with Gasteiger partial charge >= 0.3 is 0 Å². The third-order valence-electron chi connectivity index (χ3n) is 5.06. The first kappa shape index (κ1) is 19.9. The van der Waals surface area contributed by atoms with E-state index in [0.717, 1.165) is 19.3 Å². The van der Waals surface area contributed by atoms with Crippen LogP contribution in [0, 0.1) is 17.3 Å². The van der Waals surface area contributed by atoms with Gasteiger partial charge in [0, 0.05) is 26.1 Å². The van der Waals surface area contributed by atoms with Crippen LogP contribution >= 0.6 is 0 Å². The number of nitrogens with one attached hydrogen (secondary N) is 1. The van der Waals surface area contributed by atoms with Crippen LogP contribution in [0.1, 0.15) is 60.3 Å². The summed E-state index contributed by atoms with van der Waals surface area (Å²) in [5, 5.41) is 12.5. The van der Waals surface area contributed by atoms with E-state index < -0.39 is 6.04 Å². The highest BCUT2D eigenvalue weighted by Crippen LogP contribution is 2.34. The molecule has 0 aromatic heterocycles. The van der Waals surface area contributed by atoms with E-state index >= 15 is 0 Å².